The van der Waals surface area contributed by atoms with Crippen LogP contribution < -0.4 is 0 Å². The number of aromatic hydroxyl groups is 2. The van der Waals surface area contributed by atoms with Crippen molar-refractivity contribution in [3.05, 3.63) is 72.5 Å². The first-order chi connectivity index (χ1) is 15.2. The van der Waals surface area contributed by atoms with E-state index in [2.05, 4.69) is 9.97 Å². The summed E-state index contributed by atoms with van der Waals surface area (Å²) in [5.41, 5.74) is 2.25. The molecule has 5 aromatic rings. The normalized spacial score (nSPS) is 11.6. The first-order valence-corrected chi connectivity index (χ1v) is 10.9. The standard InChI is InChI=1S/C23H15FN2O5S.ClH/c24-14-7-4-12(5-8-14)13-6-9-15(19(28)10-13)23-25-17-11-20(32(29,30)31)16-2-1-3-18(27)21(16)22(17)26-23;/h1-11,27-28H,(H,25,26)(H,29,30,31);1H. The van der Waals surface area contributed by atoms with Crippen molar-refractivity contribution in [2.75, 3.05) is 0 Å². The molecule has 0 fully saturated rings. The Morgan fingerprint density at radius 3 is 2.24 bits per heavy atom. The molecule has 0 aliphatic rings. The minimum Gasteiger partial charge on any atom is -0.507 e. The van der Waals surface area contributed by atoms with Gasteiger partial charge in [-0.2, -0.15) is 8.42 Å². The molecule has 1 aromatic heterocycles. The highest BCUT2D eigenvalue weighted by molar-refractivity contribution is 7.86. The highest BCUT2D eigenvalue weighted by Crippen LogP contribution is 2.38. The van der Waals surface area contributed by atoms with Gasteiger partial charge in [-0.25, -0.2) is 9.37 Å². The van der Waals surface area contributed by atoms with E-state index in [0.29, 0.717) is 16.7 Å². The molecule has 0 atom stereocenters. The maximum absolute atomic E-state index is 13.2. The van der Waals surface area contributed by atoms with Crippen molar-refractivity contribution in [1.82, 2.24) is 9.97 Å². The average molecular weight is 487 g/mol. The molecular formula is C23H16ClFN2O5S. The molecule has 0 amide bonds. The summed E-state index contributed by atoms with van der Waals surface area (Å²) in [5.74, 6) is -0.432. The molecule has 0 spiro atoms. The smallest absolute Gasteiger partial charge is 0.295 e. The molecule has 4 N–H and O–H groups in total. The van der Waals surface area contributed by atoms with E-state index < -0.39 is 10.1 Å². The molecule has 0 aliphatic carbocycles. The average Bonchev–Trinajstić information content (AvgIpc) is 3.16. The van der Waals surface area contributed by atoms with E-state index in [9.17, 15) is 27.6 Å². The van der Waals surface area contributed by atoms with Gasteiger partial charge in [-0.05, 0) is 47.5 Å². The summed E-state index contributed by atoms with van der Waals surface area (Å²) in [5, 5.41) is 21.3. The zero-order chi connectivity index (χ0) is 22.6. The number of rotatable bonds is 3. The van der Waals surface area contributed by atoms with Crippen LogP contribution in [0.4, 0.5) is 4.39 Å². The molecule has 0 aliphatic heterocycles. The Bertz CT molecular complexity index is 1630. The molecule has 0 saturated carbocycles. The van der Waals surface area contributed by atoms with Gasteiger partial charge in [0.25, 0.3) is 10.1 Å². The molecule has 0 unspecified atom stereocenters. The largest absolute Gasteiger partial charge is 0.507 e. The molecule has 10 heteroatoms. The number of fused-ring (bicyclic) bond motifs is 3. The predicted molar refractivity (Wildman–Crippen MR) is 125 cm³/mol. The van der Waals surface area contributed by atoms with E-state index in [-0.39, 0.29) is 62.2 Å². The molecule has 33 heavy (non-hydrogen) atoms. The number of benzene rings is 4. The maximum atomic E-state index is 13.2. The van der Waals surface area contributed by atoms with Crippen LogP contribution in [0.5, 0.6) is 11.5 Å². The van der Waals surface area contributed by atoms with Crippen LogP contribution in [0, 0.1) is 5.82 Å². The van der Waals surface area contributed by atoms with E-state index in [1.807, 2.05) is 0 Å². The number of aromatic nitrogens is 2. The van der Waals surface area contributed by atoms with Gasteiger partial charge in [-0.1, -0.05) is 30.3 Å². The van der Waals surface area contributed by atoms with Gasteiger partial charge >= 0.3 is 0 Å². The summed E-state index contributed by atoms with van der Waals surface area (Å²) in [6.07, 6.45) is 0. The van der Waals surface area contributed by atoms with Crippen LogP contribution in [0.25, 0.3) is 44.3 Å². The molecular weight excluding hydrogens is 471 g/mol. The van der Waals surface area contributed by atoms with Crippen LogP contribution in [0.2, 0.25) is 0 Å². The first kappa shape index (κ1) is 22.5. The second kappa shape index (κ2) is 8.04. The Balaban J connectivity index is 0.00000259. The van der Waals surface area contributed by atoms with Crippen molar-refractivity contribution in [3.8, 4) is 34.0 Å². The Labute approximate surface area is 193 Å². The molecule has 1 heterocycles. The van der Waals surface area contributed by atoms with Gasteiger partial charge < -0.3 is 15.2 Å². The number of H-pyrrole nitrogens is 1. The lowest BCUT2D eigenvalue weighted by molar-refractivity contribution is 0.477. The minimum atomic E-state index is -4.58. The lowest BCUT2D eigenvalue weighted by atomic mass is 10.0. The van der Waals surface area contributed by atoms with E-state index >= 15 is 0 Å². The summed E-state index contributed by atoms with van der Waals surface area (Å²) in [4.78, 5) is 7.04. The molecule has 7 nitrogen and oxygen atoms in total. The van der Waals surface area contributed by atoms with Gasteiger partial charge in [-0.3, -0.25) is 4.55 Å². The van der Waals surface area contributed by atoms with Crippen LogP contribution >= 0.6 is 12.4 Å². The van der Waals surface area contributed by atoms with Crippen molar-refractivity contribution >= 4 is 44.3 Å². The second-order valence-electron chi connectivity index (χ2n) is 7.27. The van der Waals surface area contributed by atoms with E-state index in [1.165, 1.54) is 42.5 Å². The monoisotopic (exact) mass is 486 g/mol. The van der Waals surface area contributed by atoms with Crippen LogP contribution in [0.1, 0.15) is 0 Å². The number of phenolic OH excluding ortho intramolecular Hbond substituents is 2. The highest BCUT2D eigenvalue weighted by atomic mass is 35.5. The highest BCUT2D eigenvalue weighted by Gasteiger charge is 2.21. The SMILES string of the molecule is Cl.O=S(=O)(O)c1cc2[nH]c(-c3ccc(-c4ccc(F)cc4)cc3O)nc2c2c(O)cccc12. The number of aromatic amines is 1. The lowest BCUT2D eigenvalue weighted by Crippen LogP contribution is -1.99. The first-order valence-electron chi connectivity index (χ1n) is 9.43. The van der Waals surface area contributed by atoms with Crippen molar-refractivity contribution in [2.45, 2.75) is 4.90 Å². The topological polar surface area (TPSA) is 124 Å². The van der Waals surface area contributed by atoms with Crippen LogP contribution in [-0.2, 0) is 10.1 Å². The number of imidazole rings is 1. The van der Waals surface area contributed by atoms with Gasteiger partial charge in [0.2, 0.25) is 0 Å². The molecule has 0 bridgehead atoms. The number of nitrogens with zero attached hydrogens (tertiary/aromatic N) is 1. The Morgan fingerprint density at radius 1 is 0.879 bits per heavy atom. The number of hydrogen-bond donors (Lipinski definition) is 4. The molecule has 0 radical (unpaired) electrons. The van der Waals surface area contributed by atoms with Crippen LogP contribution in [0.3, 0.4) is 0 Å². The Hall–Kier alpha value is -3.66. The predicted octanol–water partition coefficient (Wildman–Crippen LogP) is 5.27. The molecule has 168 valence electrons. The summed E-state index contributed by atoms with van der Waals surface area (Å²) in [6, 6.07) is 16.2. The van der Waals surface area contributed by atoms with Gasteiger partial charge in [0.05, 0.1) is 16.5 Å². The fourth-order valence-corrected chi connectivity index (χ4v) is 4.49. The van der Waals surface area contributed by atoms with Gasteiger partial charge in [-0.15, -0.1) is 12.4 Å². The third-order valence-electron chi connectivity index (χ3n) is 5.26. The Morgan fingerprint density at radius 2 is 1.58 bits per heavy atom. The molecule has 0 saturated heterocycles. The number of halogens is 2. The second-order valence-corrected chi connectivity index (χ2v) is 8.66. The van der Waals surface area contributed by atoms with Crippen molar-refractivity contribution < 1.29 is 27.6 Å². The van der Waals surface area contributed by atoms with Gasteiger partial charge in [0.1, 0.15) is 33.6 Å². The summed E-state index contributed by atoms with van der Waals surface area (Å²) in [6.45, 7) is 0. The third-order valence-corrected chi connectivity index (χ3v) is 6.15. The molecule has 5 rings (SSSR count). The van der Waals surface area contributed by atoms with Gasteiger partial charge in [0.15, 0.2) is 0 Å². The van der Waals surface area contributed by atoms with Crippen molar-refractivity contribution in [1.29, 1.82) is 0 Å². The summed E-state index contributed by atoms with van der Waals surface area (Å²) in [7, 11) is -4.58. The van der Waals surface area contributed by atoms with Crippen molar-refractivity contribution in [2.24, 2.45) is 0 Å². The van der Waals surface area contributed by atoms with E-state index in [1.54, 1.807) is 24.3 Å². The van der Waals surface area contributed by atoms with Crippen molar-refractivity contribution in [3.63, 3.8) is 0 Å². The fraction of sp³-hybridized carbons (Fsp3) is 0. The fourth-order valence-electron chi connectivity index (χ4n) is 3.78. The molecule has 4 aromatic carbocycles. The minimum absolute atomic E-state index is 0. The zero-order valence-corrected chi connectivity index (χ0v) is 18.3. The van der Waals surface area contributed by atoms with E-state index in [0.717, 1.165) is 0 Å². The van der Waals surface area contributed by atoms with Crippen LogP contribution in [0.15, 0.2) is 71.6 Å². The third kappa shape index (κ3) is 3.86. The lowest BCUT2D eigenvalue weighted by Gasteiger charge is -2.06. The van der Waals surface area contributed by atoms with Crippen LogP contribution in [-0.4, -0.2) is 33.2 Å². The quantitative estimate of drug-likeness (QED) is 0.258. The zero-order valence-electron chi connectivity index (χ0n) is 16.7. The van der Waals surface area contributed by atoms with E-state index in [4.69, 9.17) is 0 Å². The van der Waals surface area contributed by atoms with Gasteiger partial charge in [0, 0.05) is 5.39 Å². The Kier molecular flexibility index (Phi) is 5.49. The summed E-state index contributed by atoms with van der Waals surface area (Å²) < 4.78 is 46.6. The maximum Gasteiger partial charge on any atom is 0.295 e. The number of phenols is 2. The summed E-state index contributed by atoms with van der Waals surface area (Å²) >= 11 is 0. The number of hydrogen-bond acceptors (Lipinski definition) is 5. The number of nitrogens with one attached hydrogen (secondary N) is 1.